The molecule has 0 saturated carbocycles. The molecule has 0 bridgehead atoms. The molecule has 1 aromatic carbocycles. The molecule has 0 atom stereocenters. The Morgan fingerprint density at radius 1 is 1.10 bits per heavy atom. The van der Waals surface area contributed by atoms with E-state index in [0.717, 1.165) is 32.5 Å². The number of rotatable bonds is 2. The van der Waals surface area contributed by atoms with Crippen molar-refractivity contribution in [3.63, 3.8) is 0 Å². The minimum atomic E-state index is 0.0102. The highest BCUT2D eigenvalue weighted by molar-refractivity contribution is 5.40. The van der Waals surface area contributed by atoms with Crippen molar-refractivity contribution in [1.82, 2.24) is 4.90 Å². The fourth-order valence-electron chi connectivity index (χ4n) is 3.65. The van der Waals surface area contributed by atoms with Crippen LogP contribution < -0.4 is 0 Å². The van der Waals surface area contributed by atoms with Gasteiger partial charge in [-0.1, -0.05) is 32.0 Å². The molecule has 2 nitrogen and oxygen atoms in total. The molecule has 2 aliphatic heterocycles. The van der Waals surface area contributed by atoms with Gasteiger partial charge in [-0.15, -0.1) is 0 Å². The van der Waals surface area contributed by atoms with Gasteiger partial charge in [-0.25, -0.2) is 0 Å². The van der Waals surface area contributed by atoms with Crippen molar-refractivity contribution in [3.05, 3.63) is 34.9 Å². The zero-order valence-corrected chi connectivity index (χ0v) is 13.3. The lowest BCUT2D eigenvalue weighted by atomic mass is 9.82. The molecular formula is C18H27NO. The minimum Gasteiger partial charge on any atom is -0.365 e. The van der Waals surface area contributed by atoms with E-state index in [1.165, 1.54) is 16.7 Å². The summed E-state index contributed by atoms with van der Waals surface area (Å²) in [4.78, 5) is 2.56. The molecule has 0 aliphatic carbocycles. The zero-order chi connectivity index (χ0) is 14.3. The highest BCUT2D eigenvalue weighted by Crippen LogP contribution is 2.44. The lowest BCUT2D eigenvalue weighted by Crippen LogP contribution is -2.45. The summed E-state index contributed by atoms with van der Waals surface area (Å²) in [6.45, 7) is 12.2. The van der Waals surface area contributed by atoms with Gasteiger partial charge in [0.15, 0.2) is 0 Å². The molecule has 2 aliphatic rings. The van der Waals surface area contributed by atoms with E-state index in [0.29, 0.717) is 12.0 Å². The molecule has 3 rings (SSSR count). The number of hydrogen-bond donors (Lipinski definition) is 0. The largest absolute Gasteiger partial charge is 0.365 e. The standard InChI is InChI=1S/C18H27NO/c1-13(2)15-5-6-17-16(11-15)12-20-18(17)7-9-19(10-8-18)14(3)4/h5-6,11,13-14H,7-10,12H2,1-4H3. The minimum absolute atomic E-state index is 0.0102. The number of hydrogen-bond acceptors (Lipinski definition) is 2. The first-order valence-electron chi connectivity index (χ1n) is 8.03. The van der Waals surface area contributed by atoms with Crippen LogP contribution in [0.1, 0.15) is 63.1 Å². The predicted octanol–water partition coefficient (Wildman–Crippen LogP) is 4.04. The number of benzene rings is 1. The molecule has 20 heavy (non-hydrogen) atoms. The van der Waals surface area contributed by atoms with E-state index in [9.17, 15) is 0 Å². The highest BCUT2D eigenvalue weighted by atomic mass is 16.5. The lowest BCUT2D eigenvalue weighted by molar-refractivity contribution is -0.0825. The van der Waals surface area contributed by atoms with Crippen LogP contribution in [0.3, 0.4) is 0 Å². The number of ether oxygens (including phenoxy) is 1. The van der Waals surface area contributed by atoms with Crippen molar-refractivity contribution in [2.45, 2.75) is 64.7 Å². The Balaban J connectivity index is 1.83. The van der Waals surface area contributed by atoms with Crippen LogP contribution in [0, 0.1) is 0 Å². The van der Waals surface area contributed by atoms with Crippen LogP contribution in [-0.2, 0) is 16.9 Å². The van der Waals surface area contributed by atoms with Gasteiger partial charge in [-0.2, -0.15) is 0 Å². The maximum atomic E-state index is 6.29. The third kappa shape index (κ3) is 2.29. The summed E-state index contributed by atoms with van der Waals surface area (Å²) in [5.41, 5.74) is 4.33. The average molecular weight is 273 g/mol. The lowest BCUT2D eigenvalue weighted by Gasteiger charge is -2.41. The Labute approximate surface area is 123 Å². The molecule has 2 heteroatoms. The number of likely N-dealkylation sites (tertiary alicyclic amines) is 1. The fraction of sp³-hybridized carbons (Fsp3) is 0.667. The van der Waals surface area contributed by atoms with Gasteiger partial charge >= 0.3 is 0 Å². The van der Waals surface area contributed by atoms with Crippen molar-refractivity contribution in [2.24, 2.45) is 0 Å². The molecule has 2 heterocycles. The zero-order valence-electron chi connectivity index (χ0n) is 13.3. The summed E-state index contributed by atoms with van der Waals surface area (Å²) < 4.78 is 6.29. The Morgan fingerprint density at radius 3 is 2.40 bits per heavy atom. The maximum Gasteiger partial charge on any atom is 0.0963 e. The molecule has 0 unspecified atom stereocenters. The van der Waals surface area contributed by atoms with E-state index in [4.69, 9.17) is 4.74 Å². The molecular weight excluding hydrogens is 246 g/mol. The van der Waals surface area contributed by atoms with Crippen LogP contribution in [0.2, 0.25) is 0 Å². The Bertz CT molecular complexity index is 484. The van der Waals surface area contributed by atoms with Crippen LogP contribution in [0.25, 0.3) is 0 Å². The van der Waals surface area contributed by atoms with E-state index >= 15 is 0 Å². The van der Waals surface area contributed by atoms with Gasteiger partial charge < -0.3 is 9.64 Å². The van der Waals surface area contributed by atoms with Gasteiger partial charge in [0.25, 0.3) is 0 Å². The third-order valence-corrected chi connectivity index (χ3v) is 5.13. The molecule has 1 aromatic rings. The molecule has 0 N–H and O–H groups in total. The second-order valence-electron chi connectivity index (χ2n) is 6.98. The van der Waals surface area contributed by atoms with Crippen molar-refractivity contribution < 1.29 is 4.74 Å². The first-order valence-corrected chi connectivity index (χ1v) is 8.03. The number of piperidine rings is 1. The van der Waals surface area contributed by atoms with Crippen molar-refractivity contribution in [3.8, 4) is 0 Å². The predicted molar refractivity (Wildman–Crippen MR) is 82.9 cm³/mol. The van der Waals surface area contributed by atoms with Crippen LogP contribution in [0.4, 0.5) is 0 Å². The topological polar surface area (TPSA) is 12.5 Å². The van der Waals surface area contributed by atoms with Crippen LogP contribution >= 0.6 is 0 Å². The third-order valence-electron chi connectivity index (χ3n) is 5.13. The molecule has 1 saturated heterocycles. The maximum absolute atomic E-state index is 6.29. The summed E-state index contributed by atoms with van der Waals surface area (Å²) in [6.07, 6.45) is 2.28. The van der Waals surface area contributed by atoms with E-state index in [-0.39, 0.29) is 5.60 Å². The van der Waals surface area contributed by atoms with Gasteiger partial charge in [0.1, 0.15) is 0 Å². The number of nitrogens with zero attached hydrogens (tertiary/aromatic N) is 1. The SMILES string of the molecule is CC(C)c1ccc2c(c1)COC21CCN(C(C)C)CC1. The first-order chi connectivity index (χ1) is 9.52. The monoisotopic (exact) mass is 273 g/mol. The quantitative estimate of drug-likeness (QED) is 0.806. The van der Waals surface area contributed by atoms with E-state index in [1.807, 2.05) is 0 Å². The molecule has 0 aromatic heterocycles. The van der Waals surface area contributed by atoms with Gasteiger partial charge in [-0.3, -0.25) is 0 Å². The van der Waals surface area contributed by atoms with Gasteiger partial charge in [-0.05, 0) is 49.3 Å². The summed E-state index contributed by atoms with van der Waals surface area (Å²) in [5.74, 6) is 0.597. The van der Waals surface area contributed by atoms with E-state index in [2.05, 4.69) is 50.8 Å². The molecule has 0 radical (unpaired) electrons. The summed E-state index contributed by atoms with van der Waals surface area (Å²) in [7, 11) is 0. The summed E-state index contributed by atoms with van der Waals surface area (Å²) in [6, 6.07) is 7.65. The second kappa shape index (κ2) is 5.16. The molecule has 0 amide bonds. The number of fused-ring (bicyclic) bond motifs is 2. The fourth-order valence-corrected chi connectivity index (χ4v) is 3.65. The molecule has 110 valence electrons. The van der Waals surface area contributed by atoms with E-state index < -0.39 is 0 Å². The molecule has 1 fully saturated rings. The normalized spacial score (nSPS) is 21.9. The molecule has 1 spiro atoms. The highest BCUT2D eigenvalue weighted by Gasteiger charge is 2.42. The van der Waals surface area contributed by atoms with Crippen molar-refractivity contribution in [1.29, 1.82) is 0 Å². The van der Waals surface area contributed by atoms with Crippen molar-refractivity contribution >= 4 is 0 Å². The van der Waals surface area contributed by atoms with E-state index in [1.54, 1.807) is 0 Å². The van der Waals surface area contributed by atoms with Gasteiger partial charge in [0.2, 0.25) is 0 Å². The Morgan fingerprint density at radius 2 is 1.80 bits per heavy atom. The Hall–Kier alpha value is -0.860. The van der Waals surface area contributed by atoms with Crippen LogP contribution in [0.5, 0.6) is 0 Å². The average Bonchev–Trinajstić information content (AvgIpc) is 2.78. The second-order valence-corrected chi connectivity index (χ2v) is 6.98. The van der Waals surface area contributed by atoms with Crippen molar-refractivity contribution in [2.75, 3.05) is 13.1 Å². The smallest absolute Gasteiger partial charge is 0.0963 e. The summed E-state index contributed by atoms with van der Waals surface area (Å²) >= 11 is 0. The van der Waals surface area contributed by atoms with Gasteiger partial charge in [0.05, 0.1) is 12.2 Å². The first kappa shape index (κ1) is 14.1. The Kier molecular flexibility index (Phi) is 3.64. The van der Waals surface area contributed by atoms with Gasteiger partial charge in [0, 0.05) is 19.1 Å². The summed E-state index contributed by atoms with van der Waals surface area (Å²) in [5, 5.41) is 0. The van der Waals surface area contributed by atoms with Crippen LogP contribution in [0.15, 0.2) is 18.2 Å². The van der Waals surface area contributed by atoms with Crippen LogP contribution in [-0.4, -0.2) is 24.0 Å².